The lowest BCUT2D eigenvalue weighted by molar-refractivity contribution is -0.379. The molecule has 0 aliphatic carbocycles. The lowest BCUT2D eigenvalue weighted by Crippen LogP contribution is -2.66. The molecule has 0 radical (unpaired) electrons. The van der Waals surface area contributed by atoms with Crippen LogP contribution in [0, 0.1) is 0 Å². The summed E-state index contributed by atoms with van der Waals surface area (Å²) in [4.78, 5) is 13.5. The van der Waals surface area contributed by atoms with E-state index in [1.807, 2.05) is 0 Å². The molecule has 3 heterocycles. The second kappa shape index (κ2) is 56.0. The highest BCUT2D eigenvalue weighted by Crippen LogP contribution is 2.33. The minimum atomic E-state index is -1.98. The lowest BCUT2D eigenvalue weighted by Gasteiger charge is -2.48. The second-order valence-corrected chi connectivity index (χ2v) is 26.4. The van der Waals surface area contributed by atoms with E-state index in [1.165, 1.54) is 135 Å². The molecule has 3 rings (SSSR count). The number of aliphatic hydroxyl groups is 11. The van der Waals surface area contributed by atoms with Crippen molar-refractivity contribution in [2.75, 3.05) is 26.4 Å². The van der Waals surface area contributed by atoms with Gasteiger partial charge in [0.15, 0.2) is 18.9 Å². The predicted molar refractivity (Wildman–Crippen MR) is 369 cm³/mol. The zero-order valence-corrected chi connectivity index (χ0v) is 57.9. The Morgan fingerprint density at radius 1 is 0.394 bits per heavy atom. The molecule has 19 heteroatoms. The first-order valence-corrected chi connectivity index (χ1v) is 37.2. The summed E-state index contributed by atoms with van der Waals surface area (Å²) in [5, 5.41) is 121. The number of aliphatic hydroxyl groups excluding tert-OH is 11. The van der Waals surface area contributed by atoms with E-state index >= 15 is 0 Å². The predicted octanol–water partition coefficient (Wildman–Crippen LogP) is 10.9. The average Bonchev–Trinajstić information content (AvgIpc) is 0.787. The summed E-state index contributed by atoms with van der Waals surface area (Å²) in [5.41, 5.74) is 0. The Bertz CT molecular complexity index is 1980. The van der Waals surface area contributed by atoms with Gasteiger partial charge >= 0.3 is 0 Å². The van der Waals surface area contributed by atoms with Gasteiger partial charge in [0.1, 0.15) is 73.2 Å². The van der Waals surface area contributed by atoms with Crippen molar-refractivity contribution in [3.05, 3.63) is 72.9 Å². The van der Waals surface area contributed by atoms with Crippen LogP contribution in [-0.2, 0) is 33.2 Å². The van der Waals surface area contributed by atoms with Crippen LogP contribution in [0.3, 0.4) is 0 Å². The molecule has 0 aromatic rings. The minimum Gasteiger partial charge on any atom is -0.394 e. The summed E-state index contributed by atoms with van der Waals surface area (Å²) >= 11 is 0. The third kappa shape index (κ3) is 36.9. The van der Waals surface area contributed by atoms with Crippen LogP contribution in [-0.4, -0.2) is 193 Å². The molecule has 1 amide bonds. The molecular formula is C75H133NO18. The lowest BCUT2D eigenvalue weighted by atomic mass is 9.96. The summed E-state index contributed by atoms with van der Waals surface area (Å²) < 4.78 is 34.5. The van der Waals surface area contributed by atoms with E-state index in [-0.39, 0.29) is 18.9 Å². The highest BCUT2D eigenvalue weighted by molar-refractivity contribution is 5.76. The molecule has 3 aliphatic heterocycles. The van der Waals surface area contributed by atoms with Crippen molar-refractivity contribution in [2.24, 2.45) is 0 Å². The van der Waals surface area contributed by atoms with Crippen LogP contribution < -0.4 is 5.32 Å². The van der Waals surface area contributed by atoms with Crippen LogP contribution in [0.4, 0.5) is 0 Å². The Labute approximate surface area is 566 Å². The minimum absolute atomic E-state index is 0.248. The smallest absolute Gasteiger partial charge is 0.220 e. The highest BCUT2D eigenvalue weighted by atomic mass is 16.8. The van der Waals surface area contributed by atoms with Crippen molar-refractivity contribution in [1.29, 1.82) is 0 Å². The summed E-state index contributed by atoms with van der Waals surface area (Å²) in [5.74, 6) is -0.248. The number of nitrogens with one attached hydrogen (secondary N) is 1. The van der Waals surface area contributed by atoms with E-state index < -0.39 is 124 Å². The maximum absolute atomic E-state index is 13.5. The van der Waals surface area contributed by atoms with Gasteiger partial charge in [0, 0.05) is 6.42 Å². The molecule has 546 valence electrons. The van der Waals surface area contributed by atoms with Gasteiger partial charge < -0.3 is 89.9 Å². The third-order valence-corrected chi connectivity index (χ3v) is 18.3. The number of allylic oxidation sites excluding steroid dienone is 12. The summed E-state index contributed by atoms with van der Waals surface area (Å²) in [6, 6.07) is -0.895. The number of hydrogen-bond acceptors (Lipinski definition) is 18. The zero-order valence-electron chi connectivity index (χ0n) is 57.9. The van der Waals surface area contributed by atoms with Crippen LogP contribution in [0.15, 0.2) is 72.9 Å². The number of unbranched alkanes of at least 4 members (excludes halogenated alkanes) is 29. The molecule has 94 heavy (non-hydrogen) atoms. The van der Waals surface area contributed by atoms with Crippen molar-refractivity contribution in [1.82, 2.24) is 5.32 Å². The van der Waals surface area contributed by atoms with Gasteiger partial charge in [-0.25, -0.2) is 0 Å². The summed E-state index contributed by atoms with van der Waals surface area (Å²) in [7, 11) is 0. The van der Waals surface area contributed by atoms with Gasteiger partial charge in [0.2, 0.25) is 5.91 Å². The third-order valence-electron chi connectivity index (χ3n) is 18.3. The number of rotatable bonds is 57. The van der Waals surface area contributed by atoms with Gasteiger partial charge in [-0.1, -0.05) is 267 Å². The van der Waals surface area contributed by atoms with Gasteiger partial charge in [-0.2, -0.15) is 0 Å². The SMILES string of the molecule is CC/C=C\C/C=C\C/C=C\C/C=C\C/C=C\C/C=C\CCCCCCCCCCCCC(=O)NC(COC1OC(CO)C(OC2OC(CO)C(OC3OC(CO)C(O)C(O)C3O)C(O)C2O)C(O)C1O)C(O)CCCCCCCCCCCCCCCCCCCCCC. The largest absolute Gasteiger partial charge is 0.394 e. The van der Waals surface area contributed by atoms with Crippen LogP contribution in [0.25, 0.3) is 0 Å². The Balaban J connectivity index is 1.40. The Morgan fingerprint density at radius 3 is 1.15 bits per heavy atom. The first-order valence-electron chi connectivity index (χ1n) is 37.2. The van der Waals surface area contributed by atoms with Crippen LogP contribution in [0.1, 0.15) is 264 Å². The molecule has 19 nitrogen and oxygen atoms in total. The maximum Gasteiger partial charge on any atom is 0.220 e. The fraction of sp³-hybridized carbons (Fsp3) is 0.827. The van der Waals surface area contributed by atoms with E-state index in [2.05, 4.69) is 92.1 Å². The molecule has 3 saturated heterocycles. The maximum atomic E-state index is 13.5. The molecule has 0 saturated carbocycles. The van der Waals surface area contributed by atoms with Crippen molar-refractivity contribution < 1.29 is 89.4 Å². The number of carbonyl (C=O) groups is 1. The van der Waals surface area contributed by atoms with E-state index in [0.717, 1.165) is 96.3 Å². The average molecular weight is 1340 g/mol. The topological polar surface area (TPSA) is 307 Å². The van der Waals surface area contributed by atoms with Crippen LogP contribution in [0.5, 0.6) is 0 Å². The molecule has 12 N–H and O–H groups in total. The van der Waals surface area contributed by atoms with Crippen molar-refractivity contribution >= 4 is 5.91 Å². The monoisotopic (exact) mass is 1340 g/mol. The van der Waals surface area contributed by atoms with Gasteiger partial charge in [0.05, 0.1) is 38.6 Å². The van der Waals surface area contributed by atoms with E-state index in [9.17, 15) is 61.0 Å². The standard InChI is InChI=1S/C75H133NO18/c1-3-5-7-9-11-13-15-17-19-21-23-25-26-27-28-29-30-31-32-33-35-37-39-41-43-45-47-49-51-53-63(81)76-58(59(80)52-50-48-46-44-42-40-38-36-34-24-22-20-18-16-14-12-10-8-6-4-2)57-89-73-69(87)66(84)71(61(55-78)91-73)94-75-70(88)67(85)72(62(56-79)92-75)93-74-68(86)65(83)64(82)60(54-77)90-74/h5,7,11,13,17,19,23,25,27-28,30-31,58-62,64-75,77-80,82-88H,3-4,6,8-10,12,14-16,18,20-22,24,26,29,32-57H2,1-2H3,(H,76,81)/b7-5-,13-11-,19-17-,25-23-,28-27-,31-30-. The van der Waals surface area contributed by atoms with E-state index in [0.29, 0.717) is 12.8 Å². The quantitative estimate of drug-likeness (QED) is 0.0199. The van der Waals surface area contributed by atoms with Crippen LogP contribution in [0.2, 0.25) is 0 Å². The molecule has 0 aromatic carbocycles. The van der Waals surface area contributed by atoms with Gasteiger partial charge in [-0.3, -0.25) is 4.79 Å². The van der Waals surface area contributed by atoms with Crippen LogP contribution >= 0.6 is 0 Å². The number of amides is 1. The van der Waals surface area contributed by atoms with Gasteiger partial charge in [0.25, 0.3) is 0 Å². The first kappa shape index (κ1) is 85.5. The van der Waals surface area contributed by atoms with Crippen molar-refractivity contribution in [3.8, 4) is 0 Å². The number of hydrogen-bond donors (Lipinski definition) is 12. The molecule has 3 fully saturated rings. The number of carbonyl (C=O) groups excluding carboxylic acids is 1. The molecule has 17 unspecified atom stereocenters. The Kier molecular flexibility index (Phi) is 50.9. The van der Waals surface area contributed by atoms with Gasteiger partial charge in [-0.05, 0) is 64.2 Å². The fourth-order valence-corrected chi connectivity index (χ4v) is 12.3. The molecular weight excluding hydrogens is 1200 g/mol. The summed E-state index contributed by atoms with van der Waals surface area (Å²) in [6.45, 7) is 1.70. The molecule has 0 spiro atoms. The molecule has 0 aromatic heterocycles. The van der Waals surface area contributed by atoms with Crippen molar-refractivity contribution in [2.45, 2.75) is 369 Å². The Hall–Kier alpha value is -2.77. The Morgan fingerprint density at radius 2 is 0.734 bits per heavy atom. The van der Waals surface area contributed by atoms with Crippen molar-refractivity contribution in [3.63, 3.8) is 0 Å². The summed E-state index contributed by atoms with van der Waals surface area (Å²) in [6.07, 6.45) is 44.0. The second-order valence-electron chi connectivity index (χ2n) is 26.4. The molecule has 3 aliphatic rings. The number of ether oxygens (including phenoxy) is 6. The highest BCUT2D eigenvalue weighted by Gasteiger charge is 2.53. The zero-order chi connectivity index (χ0) is 68.2. The normalized spacial score (nSPS) is 27.8. The van der Waals surface area contributed by atoms with Gasteiger partial charge in [-0.15, -0.1) is 0 Å². The fourth-order valence-electron chi connectivity index (χ4n) is 12.3. The van der Waals surface area contributed by atoms with E-state index in [4.69, 9.17) is 28.4 Å². The first-order chi connectivity index (χ1) is 45.8. The molecule has 17 atom stereocenters. The molecule has 0 bridgehead atoms. The van der Waals surface area contributed by atoms with E-state index in [1.54, 1.807) is 0 Å².